The van der Waals surface area contributed by atoms with Crippen LogP contribution >= 0.6 is 7.92 Å². The van der Waals surface area contributed by atoms with Gasteiger partial charge in [0.25, 0.3) is 0 Å². The van der Waals surface area contributed by atoms with Gasteiger partial charge in [0, 0.05) is 18.6 Å². The summed E-state index contributed by atoms with van der Waals surface area (Å²) < 4.78 is 0. The van der Waals surface area contributed by atoms with Gasteiger partial charge in [0.2, 0.25) is 0 Å². The summed E-state index contributed by atoms with van der Waals surface area (Å²) in [7, 11) is -0.423. The number of rotatable bonds is 7. The fourth-order valence-electron chi connectivity index (χ4n) is 3.74. The fourth-order valence-corrected chi connectivity index (χ4v) is 6.33. The van der Waals surface area contributed by atoms with Crippen molar-refractivity contribution < 1.29 is 9.90 Å². The van der Waals surface area contributed by atoms with Crippen molar-refractivity contribution in [2.75, 3.05) is 12.7 Å². The van der Waals surface area contributed by atoms with Crippen molar-refractivity contribution in [3.05, 3.63) is 60.7 Å². The first kappa shape index (κ1) is 18.1. The third-order valence-corrected chi connectivity index (χ3v) is 7.70. The predicted octanol–water partition coefficient (Wildman–Crippen LogP) is 3.45. The molecule has 1 N–H and O–H groups in total. The predicted molar refractivity (Wildman–Crippen MR) is 105 cm³/mol. The van der Waals surface area contributed by atoms with Gasteiger partial charge in [-0.15, -0.1) is 0 Å². The first-order valence-electron chi connectivity index (χ1n) is 9.00. The molecule has 2 aromatic carbocycles. The Morgan fingerprint density at radius 3 is 2.12 bits per heavy atom. The molecule has 0 bridgehead atoms. The summed E-state index contributed by atoms with van der Waals surface area (Å²) in [5, 5.41) is 11.9. The zero-order chi connectivity index (χ0) is 17.6. The third kappa shape index (κ3) is 4.68. The summed E-state index contributed by atoms with van der Waals surface area (Å²) in [5.41, 5.74) is 0. The molecule has 0 radical (unpaired) electrons. The highest BCUT2D eigenvalue weighted by Gasteiger charge is 2.32. The summed E-state index contributed by atoms with van der Waals surface area (Å²) in [5.74, 6) is -0.703. The van der Waals surface area contributed by atoms with Crippen LogP contribution in [0.1, 0.15) is 26.2 Å². The van der Waals surface area contributed by atoms with Gasteiger partial charge < -0.3 is 5.11 Å². The SMILES string of the molecule is C[C@@H]1CC[C@@H](CP(c2ccccc2)c2ccccc2)N1CCC(=O)O. The van der Waals surface area contributed by atoms with E-state index in [-0.39, 0.29) is 6.42 Å². The number of hydrogen-bond donors (Lipinski definition) is 1. The van der Waals surface area contributed by atoms with Crippen LogP contribution in [0, 0.1) is 0 Å². The highest BCUT2D eigenvalue weighted by Crippen LogP contribution is 2.39. The fraction of sp³-hybridized carbons (Fsp3) is 0.381. The van der Waals surface area contributed by atoms with Gasteiger partial charge >= 0.3 is 5.97 Å². The summed E-state index contributed by atoms with van der Waals surface area (Å²) in [6.07, 6.45) is 3.67. The number of benzene rings is 2. The lowest BCUT2D eigenvalue weighted by atomic mass is 10.2. The molecule has 4 heteroatoms. The Morgan fingerprint density at radius 1 is 1.04 bits per heavy atom. The number of hydrogen-bond acceptors (Lipinski definition) is 2. The first-order valence-corrected chi connectivity index (χ1v) is 10.5. The molecule has 132 valence electrons. The standard InChI is InChI=1S/C21H26NO2P/c1-17-12-13-18(22(17)15-14-21(23)24)16-25(19-8-4-2-5-9-19)20-10-6-3-7-11-20/h2-11,17-18H,12-16H2,1H3,(H,23,24)/t17-,18+/m1/s1. The lowest BCUT2D eigenvalue weighted by Crippen LogP contribution is -2.39. The molecule has 0 amide bonds. The molecular formula is C21H26NO2P. The Labute approximate surface area is 151 Å². The van der Waals surface area contributed by atoms with Crippen LogP contribution in [-0.2, 0) is 4.79 Å². The molecule has 0 aliphatic carbocycles. The lowest BCUT2D eigenvalue weighted by molar-refractivity contribution is -0.137. The number of likely N-dealkylation sites (tertiary alicyclic amines) is 1. The summed E-state index contributed by atoms with van der Waals surface area (Å²) in [6, 6.07) is 22.5. The van der Waals surface area contributed by atoms with Gasteiger partial charge in [-0.05, 0) is 44.5 Å². The molecular weight excluding hydrogens is 329 g/mol. The highest BCUT2D eigenvalue weighted by atomic mass is 31.1. The topological polar surface area (TPSA) is 40.5 Å². The first-order chi connectivity index (χ1) is 12.1. The quantitative estimate of drug-likeness (QED) is 0.774. The van der Waals surface area contributed by atoms with Crippen LogP contribution in [0.5, 0.6) is 0 Å². The zero-order valence-electron chi connectivity index (χ0n) is 14.7. The number of carboxylic acid groups (broad SMARTS) is 1. The minimum atomic E-state index is -0.703. The molecule has 0 spiro atoms. The maximum absolute atomic E-state index is 11.0. The Hall–Kier alpha value is -1.70. The molecule has 3 rings (SSSR count). The van der Waals surface area contributed by atoms with E-state index in [0.29, 0.717) is 18.6 Å². The monoisotopic (exact) mass is 355 g/mol. The van der Waals surface area contributed by atoms with E-state index in [1.165, 1.54) is 17.0 Å². The molecule has 1 aliphatic rings. The Kier molecular flexibility index (Phi) is 6.23. The van der Waals surface area contributed by atoms with Crippen molar-refractivity contribution in [2.24, 2.45) is 0 Å². The summed E-state index contributed by atoms with van der Waals surface area (Å²) >= 11 is 0. The zero-order valence-corrected chi connectivity index (χ0v) is 15.6. The van der Waals surface area contributed by atoms with Crippen molar-refractivity contribution in [1.29, 1.82) is 0 Å². The average Bonchev–Trinajstić information content (AvgIpc) is 2.99. The molecule has 0 saturated carbocycles. The highest BCUT2D eigenvalue weighted by molar-refractivity contribution is 7.73. The van der Waals surface area contributed by atoms with Crippen LogP contribution < -0.4 is 10.6 Å². The normalized spacial score (nSPS) is 20.9. The minimum absolute atomic E-state index is 0.232. The number of nitrogens with zero attached hydrogens (tertiary/aromatic N) is 1. The van der Waals surface area contributed by atoms with Crippen LogP contribution in [-0.4, -0.2) is 40.8 Å². The Morgan fingerprint density at radius 2 is 1.60 bits per heavy atom. The van der Waals surface area contributed by atoms with Crippen molar-refractivity contribution in [3.63, 3.8) is 0 Å². The van der Waals surface area contributed by atoms with Crippen LogP contribution in [0.25, 0.3) is 0 Å². The van der Waals surface area contributed by atoms with Crippen LogP contribution in [0.2, 0.25) is 0 Å². The Balaban J connectivity index is 1.81. The maximum atomic E-state index is 11.0. The molecule has 1 heterocycles. The van der Waals surface area contributed by atoms with Crippen LogP contribution in [0.4, 0.5) is 0 Å². The van der Waals surface area contributed by atoms with Gasteiger partial charge in [-0.1, -0.05) is 60.7 Å². The summed E-state index contributed by atoms with van der Waals surface area (Å²) in [4.78, 5) is 13.4. The van der Waals surface area contributed by atoms with E-state index in [4.69, 9.17) is 5.11 Å². The van der Waals surface area contributed by atoms with E-state index < -0.39 is 13.9 Å². The van der Waals surface area contributed by atoms with Crippen molar-refractivity contribution in [2.45, 2.75) is 38.3 Å². The second kappa shape index (κ2) is 8.60. The molecule has 0 unspecified atom stereocenters. The minimum Gasteiger partial charge on any atom is -0.481 e. The van der Waals surface area contributed by atoms with Gasteiger partial charge in [-0.25, -0.2) is 0 Å². The van der Waals surface area contributed by atoms with E-state index in [2.05, 4.69) is 72.5 Å². The van der Waals surface area contributed by atoms with Gasteiger partial charge in [0.1, 0.15) is 0 Å². The second-order valence-electron chi connectivity index (χ2n) is 6.74. The molecule has 1 fully saturated rings. The number of carbonyl (C=O) groups is 1. The number of carboxylic acids is 1. The Bertz CT molecular complexity index is 637. The molecule has 3 nitrogen and oxygen atoms in total. The molecule has 2 atom stereocenters. The van der Waals surface area contributed by atoms with E-state index in [9.17, 15) is 4.79 Å². The van der Waals surface area contributed by atoms with Gasteiger partial charge in [-0.2, -0.15) is 0 Å². The van der Waals surface area contributed by atoms with E-state index in [1.807, 2.05) is 0 Å². The number of aliphatic carboxylic acids is 1. The largest absolute Gasteiger partial charge is 0.481 e. The second-order valence-corrected chi connectivity index (χ2v) is 9.00. The molecule has 25 heavy (non-hydrogen) atoms. The van der Waals surface area contributed by atoms with E-state index in [0.717, 1.165) is 12.6 Å². The molecule has 0 aromatic heterocycles. The van der Waals surface area contributed by atoms with Crippen molar-refractivity contribution in [3.8, 4) is 0 Å². The van der Waals surface area contributed by atoms with Crippen LogP contribution in [0.3, 0.4) is 0 Å². The molecule has 2 aromatic rings. The van der Waals surface area contributed by atoms with Crippen LogP contribution in [0.15, 0.2) is 60.7 Å². The molecule has 1 aliphatic heterocycles. The van der Waals surface area contributed by atoms with Crippen molar-refractivity contribution in [1.82, 2.24) is 4.90 Å². The smallest absolute Gasteiger partial charge is 0.304 e. The average molecular weight is 355 g/mol. The van der Waals surface area contributed by atoms with E-state index >= 15 is 0 Å². The van der Waals surface area contributed by atoms with E-state index in [1.54, 1.807) is 0 Å². The third-order valence-electron chi connectivity index (χ3n) is 5.07. The van der Waals surface area contributed by atoms with Crippen molar-refractivity contribution >= 4 is 24.5 Å². The van der Waals surface area contributed by atoms with Gasteiger partial charge in [0.15, 0.2) is 0 Å². The maximum Gasteiger partial charge on any atom is 0.304 e. The molecule has 1 saturated heterocycles. The van der Waals surface area contributed by atoms with Gasteiger partial charge in [0.05, 0.1) is 6.42 Å². The lowest BCUT2D eigenvalue weighted by Gasteiger charge is -2.31. The van der Waals surface area contributed by atoms with Gasteiger partial charge in [-0.3, -0.25) is 9.69 Å². The summed E-state index contributed by atoms with van der Waals surface area (Å²) in [6.45, 7) is 2.89.